The number of nitrogens with one attached hydrogen (secondary N) is 1. The van der Waals surface area contributed by atoms with E-state index in [9.17, 15) is 4.79 Å². The van der Waals surface area contributed by atoms with E-state index in [0.717, 1.165) is 66.2 Å². The molecule has 0 radical (unpaired) electrons. The maximum atomic E-state index is 12.9. The van der Waals surface area contributed by atoms with Gasteiger partial charge >= 0.3 is 0 Å². The lowest BCUT2D eigenvalue weighted by atomic mass is 9.91. The molecule has 0 bridgehead atoms. The van der Waals surface area contributed by atoms with Crippen LogP contribution >= 0.6 is 11.3 Å². The molecule has 3 aromatic rings. The van der Waals surface area contributed by atoms with E-state index in [1.807, 2.05) is 19.1 Å². The van der Waals surface area contributed by atoms with Crippen molar-refractivity contribution >= 4 is 39.0 Å². The quantitative estimate of drug-likeness (QED) is 0.598. The summed E-state index contributed by atoms with van der Waals surface area (Å²) in [6.45, 7) is 3.78. The van der Waals surface area contributed by atoms with Crippen molar-refractivity contribution in [3.63, 3.8) is 0 Å². The van der Waals surface area contributed by atoms with Crippen molar-refractivity contribution in [2.24, 2.45) is 5.73 Å². The first kappa shape index (κ1) is 19.3. The number of carbonyl (C=O) groups excluding carboxylic acids is 1. The van der Waals surface area contributed by atoms with Crippen molar-refractivity contribution in [2.75, 3.05) is 23.7 Å². The second-order valence-electron chi connectivity index (χ2n) is 8.33. The standard InChI is InChI=1S/C22H26N6OS/c1-12-2-5-16-19(24)20(30-22(16)25-12)21(29)26-15-4-6-17-13(10-15)3-7-18(27-17)28-9-8-14(23)11-28/h2-3,5,7,14-15H,4,6,8-11,23-24H2,1H3,(H,26,29). The molecule has 1 saturated heterocycles. The average Bonchev–Trinajstić information content (AvgIpc) is 3.31. The van der Waals surface area contributed by atoms with Crippen LogP contribution in [0.15, 0.2) is 24.3 Å². The van der Waals surface area contributed by atoms with Gasteiger partial charge in [-0.1, -0.05) is 6.07 Å². The van der Waals surface area contributed by atoms with Crippen molar-refractivity contribution < 1.29 is 4.79 Å². The predicted octanol–water partition coefficient (Wildman–Crippen LogP) is 2.41. The summed E-state index contributed by atoms with van der Waals surface area (Å²) in [6.07, 6.45) is 3.53. The molecule has 30 heavy (non-hydrogen) atoms. The molecule has 4 heterocycles. The molecule has 0 aromatic carbocycles. The largest absolute Gasteiger partial charge is 0.397 e. The van der Waals surface area contributed by atoms with Crippen molar-refractivity contribution in [3.8, 4) is 0 Å². The van der Waals surface area contributed by atoms with E-state index in [4.69, 9.17) is 16.5 Å². The lowest BCUT2D eigenvalue weighted by Gasteiger charge is -2.26. The summed E-state index contributed by atoms with van der Waals surface area (Å²) in [5.74, 6) is 0.905. The molecule has 3 aromatic heterocycles. The number of nitrogens with two attached hydrogens (primary N) is 2. The molecule has 1 aliphatic heterocycles. The highest BCUT2D eigenvalue weighted by Gasteiger charge is 2.26. The molecule has 0 spiro atoms. The minimum Gasteiger partial charge on any atom is -0.397 e. The summed E-state index contributed by atoms with van der Waals surface area (Å²) >= 11 is 1.36. The van der Waals surface area contributed by atoms with Crippen LogP contribution in [0.25, 0.3) is 10.2 Å². The van der Waals surface area contributed by atoms with Gasteiger partial charge < -0.3 is 21.7 Å². The molecule has 5 rings (SSSR count). The van der Waals surface area contributed by atoms with Gasteiger partial charge in [0.25, 0.3) is 5.91 Å². The van der Waals surface area contributed by atoms with Crippen molar-refractivity contribution in [2.45, 2.75) is 44.7 Å². The van der Waals surface area contributed by atoms with Gasteiger partial charge in [0.05, 0.1) is 5.69 Å². The van der Waals surface area contributed by atoms with Gasteiger partial charge in [-0.05, 0) is 56.4 Å². The fourth-order valence-electron chi connectivity index (χ4n) is 4.40. The summed E-state index contributed by atoms with van der Waals surface area (Å²) in [5.41, 5.74) is 16.1. The molecule has 2 unspecified atom stereocenters. The Morgan fingerprint density at radius 1 is 1.23 bits per heavy atom. The van der Waals surface area contributed by atoms with Gasteiger partial charge in [0.1, 0.15) is 15.5 Å². The number of hydrogen-bond acceptors (Lipinski definition) is 7. The first-order valence-electron chi connectivity index (χ1n) is 10.4. The molecule has 2 aliphatic rings. The molecule has 0 saturated carbocycles. The summed E-state index contributed by atoms with van der Waals surface area (Å²) in [4.78, 5) is 25.9. The number of amides is 1. The fourth-order valence-corrected chi connectivity index (χ4v) is 5.45. The fraction of sp³-hybridized carbons (Fsp3) is 0.409. The molecule has 156 valence electrons. The number of fused-ring (bicyclic) bond motifs is 2. The minimum absolute atomic E-state index is 0.0807. The highest BCUT2D eigenvalue weighted by Crippen LogP contribution is 2.33. The molecule has 1 aliphatic carbocycles. The van der Waals surface area contributed by atoms with Crippen LogP contribution in [0, 0.1) is 6.92 Å². The molecule has 7 nitrogen and oxygen atoms in total. The van der Waals surface area contributed by atoms with Gasteiger partial charge in [-0.25, -0.2) is 9.97 Å². The number of hydrogen-bond donors (Lipinski definition) is 3. The van der Waals surface area contributed by atoms with Crippen LogP contribution in [0.5, 0.6) is 0 Å². The van der Waals surface area contributed by atoms with Crippen molar-refractivity contribution in [3.05, 3.63) is 46.1 Å². The van der Waals surface area contributed by atoms with E-state index < -0.39 is 0 Å². The zero-order valence-corrected chi connectivity index (χ0v) is 17.8. The third-order valence-corrected chi connectivity index (χ3v) is 7.19. The van der Waals surface area contributed by atoms with E-state index >= 15 is 0 Å². The summed E-state index contributed by atoms with van der Waals surface area (Å²) in [6, 6.07) is 8.41. The van der Waals surface area contributed by atoms with Gasteiger partial charge in [0.2, 0.25) is 0 Å². The maximum Gasteiger partial charge on any atom is 0.263 e. The van der Waals surface area contributed by atoms with Crippen LogP contribution in [0.4, 0.5) is 11.5 Å². The topological polar surface area (TPSA) is 110 Å². The van der Waals surface area contributed by atoms with E-state index in [1.165, 1.54) is 16.9 Å². The Morgan fingerprint density at radius 2 is 2.10 bits per heavy atom. The van der Waals surface area contributed by atoms with Crippen LogP contribution in [-0.2, 0) is 12.8 Å². The Labute approximate surface area is 179 Å². The highest BCUT2D eigenvalue weighted by atomic mass is 32.1. The highest BCUT2D eigenvalue weighted by molar-refractivity contribution is 7.21. The number of nitrogen functional groups attached to an aromatic ring is 1. The second-order valence-corrected chi connectivity index (χ2v) is 9.33. The van der Waals surface area contributed by atoms with Gasteiger partial charge in [0.15, 0.2) is 0 Å². The SMILES string of the molecule is Cc1ccc2c(N)c(C(=O)NC3CCc4nc(N5CCC(N)C5)ccc4C3)sc2n1. The zero-order valence-electron chi connectivity index (χ0n) is 17.0. The van der Waals surface area contributed by atoms with Gasteiger partial charge in [0, 0.05) is 41.9 Å². The Morgan fingerprint density at radius 3 is 2.90 bits per heavy atom. The van der Waals surface area contributed by atoms with Gasteiger partial charge in [-0.2, -0.15) is 0 Å². The van der Waals surface area contributed by atoms with Crippen LogP contribution < -0.4 is 21.7 Å². The smallest absolute Gasteiger partial charge is 0.263 e. The van der Waals surface area contributed by atoms with Gasteiger partial charge in [-0.15, -0.1) is 11.3 Å². The molecule has 1 amide bonds. The number of nitrogens with zero attached hydrogens (tertiary/aromatic N) is 3. The van der Waals surface area contributed by atoms with Crippen LogP contribution in [-0.4, -0.2) is 41.0 Å². The summed E-state index contributed by atoms with van der Waals surface area (Å²) in [5, 5.41) is 4.03. The Bertz CT molecular complexity index is 1130. The van der Waals surface area contributed by atoms with Crippen LogP contribution in [0.3, 0.4) is 0 Å². The lowest BCUT2D eigenvalue weighted by molar-refractivity contribution is 0.0938. The van der Waals surface area contributed by atoms with Crippen LogP contribution in [0.2, 0.25) is 0 Å². The number of pyridine rings is 2. The molecule has 2 atom stereocenters. The van der Waals surface area contributed by atoms with Crippen molar-refractivity contribution in [1.29, 1.82) is 0 Å². The van der Waals surface area contributed by atoms with Gasteiger partial charge in [-0.3, -0.25) is 4.79 Å². The average molecular weight is 423 g/mol. The van der Waals surface area contributed by atoms with Crippen molar-refractivity contribution in [1.82, 2.24) is 15.3 Å². The van der Waals surface area contributed by atoms with E-state index in [-0.39, 0.29) is 18.0 Å². The number of aryl methyl sites for hydroxylation is 2. The molecular formula is C22H26N6OS. The summed E-state index contributed by atoms with van der Waals surface area (Å²) in [7, 11) is 0. The molecule has 1 fully saturated rings. The van der Waals surface area contributed by atoms with E-state index in [1.54, 1.807) is 0 Å². The zero-order chi connectivity index (χ0) is 20.8. The van der Waals surface area contributed by atoms with Crippen LogP contribution in [0.1, 0.15) is 39.5 Å². The third-order valence-electron chi connectivity index (χ3n) is 6.07. The predicted molar refractivity (Wildman–Crippen MR) is 121 cm³/mol. The Balaban J connectivity index is 1.30. The molecular weight excluding hydrogens is 396 g/mol. The number of thiophene rings is 1. The normalized spacial score (nSPS) is 21.1. The Kier molecular flexibility index (Phi) is 4.83. The van der Waals surface area contributed by atoms with E-state index in [0.29, 0.717) is 10.6 Å². The first-order chi connectivity index (χ1) is 14.5. The number of aromatic nitrogens is 2. The third kappa shape index (κ3) is 3.50. The monoisotopic (exact) mass is 422 g/mol. The second kappa shape index (κ2) is 7.52. The number of anilines is 2. The number of rotatable bonds is 3. The molecule has 8 heteroatoms. The Hall–Kier alpha value is -2.71. The van der Waals surface area contributed by atoms with E-state index in [2.05, 4.69) is 27.3 Å². The lowest BCUT2D eigenvalue weighted by Crippen LogP contribution is -2.39. The minimum atomic E-state index is -0.114. The molecule has 5 N–H and O–H groups in total. The summed E-state index contributed by atoms with van der Waals surface area (Å²) < 4.78 is 0. The number of carbonyl (C=O) groups is 1. The first-order valence-corrected chi connectivity index (χ1v) is 11.3. The maximum absolute atomic E-state index is 12.9.